The number of carbonyl (C=O) groups is 1. The van der Waals surface area contributed by atoms with Gasteiger partial charge in [-0.3, -0.25) is 0 Å². The Morgan fingerprint density at radius 1 is 1.21 bits per heavy atom. The third kappa shape index (κ3) is 4.47. The number of aromatic hydroxyl groups is 1. The van der Waals surface area contributed by atoms with Gasteiger partial charge in [-0.25, -0.2) is 4.79 Å². The Bertz CT molecular complexity index is 1180. The van der Waals surface area contributed by atoms with E-state index in [4.69, 9.17) is 15.2 Å². The average molecular weight is 449 g/mol. The van der Waals surface area contributed by atoms with Crippen LogP contribution in [0.2, 0.25) is 0 Å². The van der Waals surface area contributed by atoms with Crippen LogP contribution >= 0.6 is 0 Å². The molecule has 0 spiro atoms. The zero-order valence-corrected chi connectivity index (χ0v) is 19.0. The van der Waals surface area contributed by atoms with Crippen molar-refractivity contribution < 1.29 is 19.4 Å². The van der Waals surface area contributed by atoms with Gasteiger partial charge in [0.2, 0.25) is 0 Å². The van der Waals surface area contributed by atoms with Crippen molar-refractivity contribution in [3.63, 3.8) is 0 Å². The SMILES string of the molecule is CCOC(=O)c1ccc([C@H]2CN(c3cc(-c4ccccc4O)nnc3N)CCO2)c(C)c1C. The van der Waals surface area contributed by atoms with E-state index in [0.717, 1.165) is 22.4 Å². The molecule has 8 nitrogen and oxygen atoms in total. The highest BCUT2D eigenvalue weighted by atomic mass is 16.5. The molecular weight excluding hydrogens is 420 g/mol. The normalized spacial score (nSPS) is 16.0. The second kappa shape index (κ2) is 9.46. The number of nitrogens with two attached hydrogens (primary N) is 1. The van der Waals surface area contributed by atoms with E-state index < -0.39 is 0 Å². The fraction of sp³-hybridized carbons (Fsp3) is 0.320. The van der Waals surface area contributed by atoms with E-state index in [9.17, 15) is 9.90 Å². The molecule has 0 amide bonds. The lowest BCUT2D eigenvalue weighted by Gasteiger charge is -2.36. The van der Waals surface area contributed by atoms with Crippen molar-refractivity contribution in [2.75, 3.05) is 36.9 Å². The predicted octanol–water partition coefficient (Wildman–Crippen LogP) is 3.80. The topological polar surface area (TPSA) is 111 Å². The monoisotopic (exact) mass is 448 g/mol. The van der Waals surface area contributed by atoms with E-state index in [0.29, 0.717) is 48.9 Å². The number of nitrogens with zero attached hydrogens (tertiary/aromatic N) is 3. The van der Waals surface area contributed by atoms with Gasteiger partial charge in [0.05, 0.1) is 30.2 Å². The zero-order chi connectivity index (χ0) is 23.5. The Morgan fingerprint density at radius 2 is 2.00 bits per heavy atom. The number of morpholine rings is 1. The van der Waals surface area contributed by atoms with Crippen LogP contribution in [0.4, 0.5) is 11.5 Å². The van der Waals surface area contributed by atoms with Crippen LogP contribution in [0.3, 0.4) is 0 Å². The van der Waals surface area contributed by atoms with E-state index >= 15 is 0 Å². The molecule has 8 heteroatoms. The number of ether oxygens (including phenoxy) is 2. The minimum atomic E-state index is -0.317. The van der Waals surface area contributed by atoms with Gasteiger partial charge in [-0.05, 0) is 61.7 Å². The van der Waals surface area contributed by atoms with Gasteiger partial charge < -0.3 is 25.2 Å². The van der Waals surface area contributed by atoms with Crippen molar-refractivity contribution in [3.05, 3.63) is 64.7 Å². The first kappa shape index (κ1) is 22.5. The van der Waals surface area contributed by atoms with Gasteiger partial charge >= 0.3 is 5.97 Å². The number of benzene rings is 2. The molecule has 33 heavy (non-hydrogen) atoms. The highest BCUT2D eigenvalue weighted by Crippen LogP contribution is 2.35. The lowest BCUT2D eigenvalue weighted by molar-refractivity contribution is 0.0392. The van der Waals surface area contributed by atoms with Gasteiger partial charge in [-0.2, -0.15) is 0 Å². The van der Waals surface area contributed by atoms with Crippen LogP contribution in [0.5, 0.6) is 5.75 Å². The number of phenolic OH excluding ortho intramolecular Hbond substituents is 1. The zero-order valence-electron chi connectivity index (χ0n) is 19.0. The van der Waals surface area contributed by atoms with Gasteiger partial charge in [0.1, 0.15) is 11.9 Å². The first-order valence-corrected chi connectivity index (χ1v) is 11.0. The third-order valence-corrected chi connectivity index (χ3v) is 6.06. The molecular formula is C25H28N4O4. The van der Waals surface area contributed by atoms with Gasteiger partial charge in [0.15, 0.2) is 5.82 Å². The Labute approximate surface area is 193 Å². The molecule has 3 aromatic rings. The second-order valence-corrected chi connectivity index (χ2v) is 8.00. The first-order chi connectivity index (χ1) is 15.9. The fourth-order valence-electron chi connectivity index (χ4n) is 4.14. The summed E-state index contributed by atoms with van der Waals surface area (Å²) in [5.41, 5.74) is 11.6. The molecule has 0 bridgehead atoms. The molecule has 0 radical (unpaired) electrons. The van der Waals surface area contributed by atoms with Crippen LogP contribution in [0, 0.1) is 13.8 Å². The van der Waals surface area contributed by atoms with Crippen LogP contribution in [-0.4, -0.2) is 47.6 Å². The molecule has 0 unspecified atom stereocenters. The summed E-state index contributed by atoms with van der Waals surface area (Å²) >= 11 is 0. The van der Waals surface area contributed by atoms with Crippen molar-refractivity contribution in [2.45, 2.75) is 26.9 Å². The average Bonchev–Trinajstić information content (AvgIpc) is 2.82. The molecule has 4 rings (SSSR count). The molecule has 1 fully saturated rings. The van der Waals surface area contributed by atoms with E-state index in [1.165, 1.54) is 0 Å². The summed E-state index contributed by atoms with van der Waals surface area (Å²) in [6, 6.07) is 12.6. The number of anilines is 2. The van der Waals surface area contributed by atoms with Gasteiger partial charge in [0, 0.05) is 18.7 Å². The van der Waals surface area contributed by atoms with Crippen molar-refractivity contribution in [3.8, 4) is 17.0 Å². The molecule has 0 aliphatic carbocycles. The van der Waals surface area contributed by atoms with Crippen LogP contribution < -0.4 is 10.6 Å². The van der Waals surface area contributed by atoms with Gasteiger partial charge in [-0.15, -0.1) is 10.2 Å². The van der Waals surface area contributed by atoms with Gasteiger partial charge in [-0.1, -0.05) is 18.2 Å². The Hall–Kier alpha value is -3.65. The summed E-state index contributed by atoms with van der Waals surface area (Å²) in [6.45, 7) is 7.77. The summed E-state index contributed by atoms with van der Waals surface area (Å²) in [5, 5.41) is 18.5. The van der Waals surface area contributed by atoms with Crippen molar-refractivity contribution in [2.24, 2.45) is 0 Å². The third-order valence-electron chi connectivity index (χ3n) is 6.06. The van der Waals surface area contributed by atoms with E-state index in [-0.39, 0.29) is 17.8 Å². The highest BCUT2D eigenvalue weighted by molar-refractivity contribution is 5.91. The van der Waals surface area contributed by atoms with Crippen LogP contribution in [0.25, 0.3) is 11.3 Å². The molecule has 1 aliphatic rings. The maximum Gasteiger partial charge on any atom is 0.338 e. The summed E-state index contributed by atoms with van der Waals surface area (Å²) < 4.78 is 11.3. The number of para-hydroxylation sites is 1. The number of phenols is 1. The molecule has 2 aromatic carbocycles. The van der Waals surface area contributed by atoms with Crippen molar-refractivity contribution in [1.82, 2.24) is 10.2 Å². The number of rotatable bonds is 5. The van der Waals surface area contributed by atoms with Crippen molar-refractivity contribution in [1.29, 1.82) is 0 Å². The van der Waals surface area contributed by atoms with Crippen LogP contribution in [0.15, 0.2) is 42.5 Å². The number of esters is 1. The van der Waals surface area contributed by atoms with Crippen LogP contribution in [0.1, 0.15) is 40.1 Å². The van der Waals surface area contributed by atoms with E-state index in [1.807, 2.05) is 32.0 Å². The van der Waals surface area contributed by atoms with E-state index in [2.05, 4.69) is 15.1 Å². The summed E-state index contributed by atoms with van der Waals surface area (Å²) in [4.78, 5) is 14.4. The molecule has 1 aromatic heterocycles. The molecule has 3 N–H and O–H groups in total. The number of hydrogen-bond donors (Lipinski definition) is 2. The molecule has 172 valence electrons. The molecule has 1 atom stereocenters. The number of nitrogen functional groups attached to an aromatic ring is 1. The first-order valence-electron chi connectivity index (χ1n) is 11.0. The maximum atomic E-state index is 12.2. The lowest BCUT2D eigenvalue weighted by Crippen LogP contribution is -2.39. The fourth-order valence-corrected chi connectivity index (χ4v) is 4.14. The van der Waals surface area contributed by atoms with Crippen LogP contribution in [-0.2, 0) is 9.47 Å². The highest BCUT2D eigenvalue weighted by Gasteiger charge is 2.27. The van der Waals surface area contributed by atoms with E-state index in [1.54, 1.807) is 31.2 Å². The number of aromatic nitrogens is 2. The van der Waals surface area contributed by atoms with Gasteiger partial charge in [0.25, 0.3) is 0 Å². The Balaban J connectivity index is 1.62. The smallest absolute Gasteiger partial charge is 0.338 e. The second-order valence-electron chi connectivity index (χ2n) is 8.00. The summed E-state index contributed by atoms with van der Waals surface area (Å²) in [7, 11) is 0. The maximum absolute atomic E-state index is 12.2. The summed E-state index contributed by atoms with van der Waals surface area (Å²) in [6.07, 6.45) is -0.199. The minimum absolute atomic E-state index is 0.134. The largest absolute Gasteiger partial charge is 0.507 e. The van der Waals surface area contributed by atoms with Crippen molar-refractivity contribution >= 4 is 17.5 Å². The Kier molecular flexibility index (Phi) is 6.46. The predicted molar refractivity (Wildman–Crippen MR) is 126 cm³/mol. The standard InChI is InChI=1S/C25H28N4O4/c1-4-32-25(31)18-10-9-17(15(2)16(18)3)23-14-29(11-12-33-23)21-13-20(27-28-24(21)26)19-7-5-6-8-22(19)30/h5-10,13,23,30H,4,11-12,14H2,1-3H3,(H2,26,28)/t23-/m1/s1. The lowest BCUT2D eigenvalue weighted by atomic mass is 9.94. The summed E-state index contributed by atoms with van der Waals surface area (Å²) in [5.74, 6) is 0.138. The molecule has 0 saturated carbocycles. The molecule has 1 aliphatic heterocycles. The Morgan fingerprint density at radius 3 is 2.76 bits per heavy atom. The minimum Gasteiger partial charge on any atom is -0.507 e. The number of hydrogen-bond acceptors (Lipinski definition) is 8. The molecule has 2 heterocycles. The molecule has 1 saturated heterocycles. The quantitative estimate of drug-likeness (QED) is 0.567. The number of carbonyl (C=O) groups excluding carboxylic acids is 1.